The van der Waals surface area contributed by atoms with E-state index < -0.39 is 4.92 Å². The van der Waals surface area contributed by atoms with Crippen molar-refractivity contribution in [3.05, 3.63) is 64.0 Å². The molecular weight excluding hydrogens is 370 g/mol. The molecule has 8 heteroatoms. The number of H-pyrrole nitrogens is 1. The predicted molar refractivity (Wildman–Crippen MR) is 111 cm³/mol. The van der Waals surface area contributed by atoms with Gasteiger partial charge in [0.2, 0.25) is 0 Å². The molecule has 2 heterocycles. The molecular formula is C21H23N5O3. The average molecular weight is 393 g/mol. The van der Waals surface area contributed by atoms with E-state index >= 15 is 0 Å². The van der Waals surface area contributed by atoms with Crippen LogP contribution in [-0.2, 0) is 6.54 Å². The fourth-order valence-corrected chi connectivity index (χ4v) is 3.80. The number of aromatic nitrogens is 2. The summed E-state index contributed by atoms with van der Waals surface area (Å²) in [6.45, 7) is 1.99. The molecule has 1 fully saturated rings. The SMILES string of the molecule is CN(Cc1nc2ccccc2[nH]1)C(=O)c1cc([N+](=O)[O-])ccc1N1CCCCC1. The molecule has 1 aromatic heterocycles. The first-order valence-electron chi connectivity index (χ1n) is 9.75. The van der Waals surface area contributed by atoms with Gasteiger partial charge in [0, 0.05) is 32.3 Å². The van der Waals surface area contributed by atoms with Gasteiger partial charge in [0.15, 0.2) is 0 Å². The molecule has 0 spiro atoms. The van der Waals surface area contributed by atoms with E-state index in [-0.39, 0.29) is 18.1 Å². The first kappa shape index (κ1) is 18.9. The van der Waals surface area contributed by atoms with Crippen molar-refractivity contribution in [1.29, 1.82) is 0 Å². The van der Waals surface area contributed by atoms with E-state index in [0.717, 1.165) is 42.7 Å². The topological polar surface area (TPSA) is 95.4 Å². The number of nitrogens with zero attached hydrogens (tertiary/aromatic N) is 4. The lowest BCUT2D eigenvalue weighted by Gasteiger charge is -2.31. The number of fused-ring (bicyclic) bond motifs is 1. The first-order valence-corrected chi connectivity index (χ1v) is 9.75. The summed E-state index contributed by atoms with van der Waals surface area (Å²) in [7, 11) is 1.69. The molecule has 2 aromatic carbocycles. The number of para-hydroxylation sites is 2. The van der Waals surface area contributed by atoms with Gasteiger partial charge in [-0.2, -0.15) is 0 Å². The Bertz CT molecular complexity index is 1020. The van der Waals surface area contributed by atoms with Crippen molar-refractivity contribution in [2.75, 3.05) is 25.0 Å². The highest BCUT2D eigenvalue weighted by molar-refractivity contribution is 6.00. The van der Waals surface area contributed by atoms with Crippen molar-refractivity contribution in [3.8, 4) is 0 Å². The lowest BCUT2D eigenvalue weighted by molar-refractivity contribution is -0.384. The molecule has 0 radical (unpaired) electrons. The van der Waals surface area contributed by atoms with Crippen molar-refractivity contribution in [2.24, 2.45) is 0 Å². The summed E-state index contributed by atoms with van der Waals surface area (Å²) in [6, 6.07) is 12.2. The highest BCUT2D eigenvalue weighted by Gasteiger charge is 2.24. The van der Waals surface area contributed by atoms with Crippen LogP contribution in [0, 0.1) is 10.1 Å². The van der Waals surface area contributed by atoms with Gasteiger partial charge in [0.05, 0.1) is 33.8 Å². The zero-order valence-corrected chi connectivity index (χ0v) is 16.3. The maximum Gasteiger partial charge on any atom is 0.270 e. The molecule has 0 unspecified atom stereocenters. The number of amides is 1. The van der Waals surface area contributed by atoms with Gasteiger partial charge in [0.1, 0.15) is 5.82 Å². The summed E-state index contributed by atoms with van der Waals surface area (Å²) in [4.78, 5) is 35.5. The number of non-ortho nitro benzene ring substituents is 1. The highest BCUT2D eigenvalue weighted by atomic mass is 16.6. The van der Waals surface area contributed by atoms with Crippen LogP contribution in [0.4, 0.5) is 11.4 Å². The summed E-state index contributed by atoms with van der Waals surface area (Å²) in [5.74, 6) is 0.418. The van der Waals surface area contributed by atoms with Crippen LogP contribution in [-0.4, -0.2) is 45.8 Å². The third-order valence-electron chi connectivity index (χ3n) is 5.29. The Morgan fingerprint density at radius 1 is 1.21 bits per heavy atom. The smallest absolute Gasteiger partial charge is 0.270 e. The Morgan fingerprint density at radius 3 is 2.69 bits per heavy atom. The second kappa shape index (κ2) is 7.90. The van der Waals surface area contributed by atoms with Gasteiger partial charge in [0.25, 0.3) is 11.6 Å². The highest BCUT2D eigenvalue weighted by Crippen LogP contribution is 2.29. The van der Waals surface area contributed by atoms with Crippen molar-refractivity contribution >= 4 is 28.3 Å². The van der Waals surface area contributed by atoms with Crippen molar-refractivity contribution in [1.82, 2.24) is 14.9 Å². The monoisotopic (exact) mass is 393 g/mol. The standard InChI is InChI=1S/C21H23N5O3/c1-24(14-20-22-17-7-3-4-8-18(17)23-20)21(27)16-13-15(26(28)29)9-10-19(16)25-11-5-2-6-12-25/h3-4,7-10,13H,2,5-6,11-12,14H2,1H3,(H,22,23). The zero-order chi connectivity index (χ0) is 20.4. The first-order chi connectivity index (χ1) is 14.0. The Morgan fingerprint density at radius 2 is 1.97 bits per heavy atom. The Balaban J connectivity index is 1.62. The number of benzene rings is 2. The number of aromatic amines is 1. The minimum absolute atomic E-state index is 0.0775. The van der Waals surface area contributed by atoms with Crippen LogP contribution in [0.3, 0.4) is 0 Å². The van der Waals surface area contributed by atoms with Gasteiger partial charge >= 0.3 is 0 Å². The summed E-state index contributed by atoms with van der Waals surface area (Å²) in [5, 5.41) is 11.3. The Labute approximate surface area is 168 Å². The summed E-state index contributed by atoms with van der Waals surface area (Å²) in [5.41, 5.74) is 2.79. The van der Waals surface area contributed by atoms with E-state index in [1.807, 2.05) is 24.3 Å². The van der Waals surface area contributed by atoms with E-state index in [1.54, 1.807) is 18.0 Å². The van der Waals surface area contributed by atoms with E-state index in [4.69, 9.17) is 0 Å². The van der Waals surface area contributed by atoms with Crippen LogP contribution in [0.15, 0.2) is 42.5 Å². The predicted octanol–water partition coefficient (Wildman–Crippen LogP) is 3.73. The van der Waals surface area contributed by atoms with Crippen molar-refractivity contribution in [3.63, 3.8) is 0 Å². The number of hydrogen-bond donors (Lipinski definition) is 1. The minimum Gasteiger partial charge on any atom is -0.371 e. The fraction of sp³-hybridized carbons (Fsp3) is 0.333. The molecule has 1 saturated heterocycles. The number of nitro benzene ring substituents is 1. The second-order valence-corrected chi connectivity index (χ2v) is 7.37. The molecule has 29 heavy (non-hydrogen) atoms. The summed E-state index contributed by atoms with van der Waals surface area (Å²) >= 11 is 0. The lowest BCUT2D eigenvalue weighted by Crippen LogP contribution is -2.33. The summed E-state index contributed by atoms with van der Waals surface area (Å²) in [6.07, 6.45) is 3.28. The third kappa shape index (κ3) is 3.91. The van der Waals surface area contributed by atoms with Crippen molar-refractivity contribution < 1.29 is 9.72 Å². The number of carbonyl (C=O) groups is 1. The van der Waals surface area contributed by atoms with E-state index in [0.29, 0.717) is 11.4 Å². The van der Waals surface area contributed by atoms with Gasteiger partial charge in [-0.15, -0.1) is 0 Å². The molecule has 1 N–H and O–H groups in total. The average Bonchev–Trinajstić information content (AvgIpc) is 3.15. The number of nitro groups is 1. The van der Waals surface area contributed by atoms with Crippen LogP contribution in [0.1, 0.15) is 35.4 Å². The quantitative estimate of drug-likeness (QED) is 0.526. The molecule has 1 amide bonds. The number of anilines is 1. The maximum atomic E-state index is 13.2. The molecule has 4 rings (SSSR count). The summed E-state index contributed by atoms with van der Waals surface area (Å²) < 4.78 is 0. The molecule has 8 nitrogen and oxygen atoms in total. The molecule has 0 aliphatic carbocycles. The number of rotatable bonds is 5. The Hall–Kier alpha value is -3.42. The molecule has 150 valence electrons. The molecule has 0 atom stereocenters. The lowest BCUT2D eigenvalue weighted by atomic mass is 10.1. The maximum absolute atomic E-state index is 13.2. The molecule has 0 bridgehead atoms. The van der Waals surface area contributed by atoms with E-state index in [9.17, 15) is 14.9 Å². The van der Waals surface area contributed by atoms with E-state index in [1.165, 1.54) is 18.6 Å². The van der Waals surface area contributed by atoms with E-state index in [2.05, 4.69) is 14.9 Å². The van der Waals surface area contributed by atoms with Crippen molar-refractivity contribution in [2.45, 2.75) is 25.8 Å². The third-order valence-corrected chi connectivity index (χ3v) is 5.29. The second-order valence-electron chi connectivity index (χ2n) is 7.37. The Kier molecular flexibility index (Phi) is 5.16. The van der Waals surface area contributed by atoms with Gasteiger partial charge in [-0.3, -0.25) is 14.9 Å². The molecule has 3 aromatic rings. The number of nitrogens with one attached hydrogen (secondary N) is 1. The van der Waals surface area contributed by atoms with Crippen LogP contribution in [0.5, 0.6) is 0 Å². The number of piperidine rings is 1. The number of carbonyl (C=O) groups excluding carboxylic acids is 1. The molecule has 1 aliphatic heterocycles. The largest absolute Gasteiger partial charge is 0.371 e. The molecule has 0 saturated carbocycles. The molecule has 1 aliphatic rings. The van der Waals surface area contributed by atoms with Crippen LogP contribution < -0.4 is 4.90 Å². The van der Waals surface area contributed by atoms with Gasteiger partial charge in [-0.05, 0) is 37.5 Å². The van der Waals surface area contributed by atoms with Crippen LogP contribution >= 0.6 is 0 Å². The van der Waals surface area contributed by atoms with Crippen LogP contribution in [0.25, 0.3) is 11.0 Å². The minimum atomic E-state index is -0.462. The number of hydrogen-bond acceptors (Lipinski definition) is 5. The van der Waals surface area contributed by atoms with Crippen LogP contribution in [0.2, 0.25) is 0 Å². The normalized spacial score (nSPS) is 14.2. The zero-order valence-electron chi connectivity index (χ0n) is 16.3. The van der Waals surface area contributed by atoms with Gasteiger partial charge in [-0.25, -0.2) is 4.98 Å². The van der Waals surface area contributed by atoms with Gasteiger partial charge < -0.3 is 14.8 Å². The number of imidazole rings is 1. The van der Waals surface area contributed by atoms with Gasteiger partial charge in [-0.1, -0.05) is 12.1 Å². The fourth-order valence-electron chi connectivity index (χ4n) is 3.80.